The van der Waals surface area contributed by atoms with Crippen molar-refractivity contribution >= 4 is 43.2 Å². The largest absolute Gasteiger partial charge is 0.488 e. The highest BCUT2D eigenvalue weighted by Gasteiger charge is 2.59. The van der Waals surface area contributed by atoms with E-state index in [0.29, 0.717) is 87.0 Å². The molecular weight excluding hydrogens is 1240 g/mol. The number of unbranched alkanes of at least 4 members (excludes halogenated alkanes) is 11. The zero-order valence-corrected chi connectivity index (χ0v) is 61.4. The monoisotopic (exact) mass is 1350 g/mol. The Bertz CT molecular complexity index is 3600. The fourth-order valence-corrected chi connectivity index (χ4v) is 20.1. The molecule has 96 heavy (non-hydrogen) atoms. The maximum atomic E-state index is 13.7. The maximum absolute atomic E-state index is 13.7. The van der Waals surface area contributed by atoms with Crippen LogP contribution in [0.25, 0.3) is 0 Å². The average molecular weight is 1350 g/mol. The Hall–Kier alpha value is -5.12. The molecular formula is C82H118N3O9S2+. The first-order valence-electron chi connectivity index (χ1n) is 37.5. The number of anilines is 1. The van der Waals surface area contributed by atoms with Crippen molar-refractivity contribution in [2.75, 3.05) is 42.6 Å². The van der Waals surface area contributed by atoms with Crippen molar-refractivity contribution in [3.63, 3.8) is 0 Å². The molecule has 1 unspecified atom stereocenters. The highest BCUT2D eigenvalue weighted by atomic mass is 32.2. The third-order valence-electron chi connectivity index (χ3n) is 24.4. The van der Waals surface area contributed by atoms with Gasteiger partial charge in [0.2, 0.25) is 11.6 Å². The summed E-state index contributed by atoms with van der Waals surface area (Å²) in [5.74, 6) is 3.73. The number of benzene rings is 3. The first kappa shape index (κ1) is 73.6. The summed E-state index contributed by atoms with van der Waals surface area (Å²) in [6.45, 7) is 22.1. The van der Waals surface area contributed by atoms with Gasteiger partial charge in [-0.25, -0.2) is 0 Å². The minimum Gasteiger partial charge on any atom is -0.488 e. The van der Waals surface area contributed by atoms with Crippen molar-refractivity contribution < 1.29 is 44.8 Å². The molecule has 7 aliphatic rings. The predicted octanol–water partition coefficient (Wildman–Crippen LogP) is 18.8. The number of para-hydroxylation sites is 2. The molecule has 12 nitrogen and oxygen atoms in total. The minimum atomic E-state index is -4.07. The van der Waals surface area contributed by atoms with Crippen LogP contribution in [0, 0.1) is 40.4 Å². The molecule has 0 aromatic heterocycles. The third kappa shape index (κ3) is 17.7. The number of nitrogens with zero attached hydrogens (tertiary/aromatic N) is 2. The summed E-state index contributed by atoms with van der Waals surface area (Å²) in [4.78, 5) is 16.0. The van der Waals surface area contributed by atoms with Crippen molar-refractivity contribution in [2.24, 2.45) is 40.4 Å². The predicted molar refractivity (Wildman–Crippen MR) is 392 cm³/mol. The molecule has 3 N–H and O–H groups in total. The Labute approximate surface area is 578 Å². The van der Waals surface area contributed by atoms with E-state index >= 15 is 0 Å². The Morgan fingerprint density at radius 1 is 0.719 bits per heavy atom. The van der Waals surface area contributed by atoms with E-state index in [1.807, 2.05) is 12.1 Å². The lowest BCUT2D eigenvalue weighted by Crippen LogP contribution is -2.51. The van der Waals surface area contributed by atoms with E-state index in [9.17, 15) is 30.7 Å². The van der Waals surface area contributed by atoms with Gasteiger partial charge in [0.1, 0.15) is 18.9 Å². The number of rotatable bonds is 34. The number of hydrogen-bond donors (Lipinski definition) is 3. The molecule has 3 saturated carbocycles. The number of hydrogen-bond acceptors (Lipinski definition) is 8. The van der Waals surface area contributed by atoms with Gasteiger partial charge in [0.25, 0.3) is 20.2 Å². The summed E-state index contributed by atoms with van der Waals surface area (Å²) in [6.07, 6.45) is 41.1. The summed E-state index contributed by atoms with van der Waals surface area (Å²) in [5.41, 5.74) is 12.7. The highest BCUT2D eigenvalue weighted by Crippen LogP contribution is 2.67. The van der Waals surface area contributed by atoms with Gasteiger partial charge in [-0.2, -0.15) is 21.4 Å². The van der Waals surface area contributed by atoms with Crippen LogP contribution in [0.1, 0.15) is 245 Å². The number of amides is 1. The molecule has 3 aromatic carbocycles. The summed E-state index contributed by atoms with van der Waals surface area (Å²) in [6, 6.07) is 25.3. The van der Waals surface area contributed by atoms with Crippen LogP contribution in [-0.4, -0.2) is 86.0 Å². The van der Waals surface area contributed by atoms with Crippen LogP contribution in [0.5, 0.6) is 0 Å². The fourth-order valence-electron chi connectivity index (χ4n) is 18.9. The van der Waals surface area contributed by atoms with E-state index in [1.54, 1.807) is 5.57 Å². The molecule has 0 radical (unpaired) electrons. The summed E-state index contributed by atoms with van der Waals surface area (Å²) in [7, 11) is -8.14. The van der Waals surface area contributed by atoms with Gasteiger partial charge >= 0.3 is 0 Å². The van der Waals surface area contributed by atoms with Crippen LogP contribution >= 0.6 is 0 Å². The molecule has 0 spiro atoms. The van der Waals surface area contributed by atoms with Gasteiger partial charge in [-0.05, 0) is 203 Å². The lowest BCUT2D eigenvalue weighted by molar-refractivity contribution is -0.438. The van der Waals surface area contributed by atoms with Crippen LogP contribution < -0.4 is 10.2 Å². The fraction of sp³-hybridized carbons (Fsp3) is 0.634. The quantitative estimate of drug-likeness (QED) is 0.0227. The standard InChI is InChI=1S/C82H117N3O9S2/c1-9-10-11-12-13-14-15-16-17-24-54-93-66-48-50-81(7)65(57-66)41-42-67-69-44-43-68(82(69,8)51-49-70(67)81)60(2)58-83-77(86)47-38-61-34-36-62(37-35-61)59-94-78-63(39-45-75-79(3,4)71-30-18-20-32-73(71)84(75)52-22-25-55-95(87,88)89)28-27-29-64(78)40-46-76-80(5,6)72-31-19-21-33-74(72)85(76)53-23-26-56-96(90,91)92/h18-21,30-37,39-41,45-46,60,66-70H,9-17,22-29,38,42-44,47-59H2,1-8H3,(H2-,83,86,87,88,89,90,91,92)/p+1/t60?,66-,67-,68+,69-,70-,81-,82+/m0/s1. The van der Waals surface area contributed by atoms with Gasteiger partial charge < -0.3 is 19.7 Å². The lowest BCUT2D eigenvalue weighted by atomic mass is 9.47. The first-order valence-corrected chi connectivity index (χ1v) is 40.8. The molecule has 1 amide bonds. The minimum absolute atomic E-state index is 0.117. The molecule has 2 aliphatic heterocycles. The summed E-state index contributed by atoms with van der Waals surface area (Å²) >= 11 is 0. The average Bonchev–Trinajstić information content (AvgIpc) is 1.28. The van der Waals surface area contributed by atoms with Crippen molar-refractivity contribution in [2.45, 2.75) is 252 Å². The van der Waals surface area contributed by atoms with E-state index in [2.05, 4.69) is 161 Å². The van der Waals surface area contributed by atoms with E-state index in [-0.39, 0.29) is 28.2 Å². The second-order valence-electron chi connectivity index (χ2n) is 31.5. The van der Waals surface area contributed by atoms with Crippen LogP contribution in [0.3, 0.4) is 0 Å². The Kier molecular flexibility index (Phi) is 24.9. The molecule has 0 saturated heterocycles. The molecule has 10 rings (SSSR count). The number of aryl methyl sites for hydroxylation is 1. The zero-order valence-electron chi connectivity index (χ0n) is 59.8. The SMILES string of the molecule is CCCCCCCCCCCCO[C@H]1CC[C@@]2(C)C(=CC[C@H]3[C@@H]4CC[C@H](C(C)CNC(=O)CCc5ccc(COC6=C(C=CC7=[N+](CCCCS(=O)(=O)O)c8ccccc8C7(C)C)CCCC6=CC=C6N(CCCCS(=O)(=O)O)c7ccccc7C6(C)C)cc5)[C@@]4(C)CC[C@@H]32)C1. The summed E-state index contributed by atoms with van der Waals surface area (Å²) < 4.78 is 81.8. The Morgan fingerprint density at radius 3 is 2.12 bits per heavy atom. The van der Waals surface area contributed by atoms with Gasteiger partial charge in [-0.15, -0.1) is 0 Å². The van der Waals surface area contributed by atoms with Crippen molar-refractivity contribution in [1.29, 1.82) is 0 Å². The van der Waals surface area contributed by atoms with Gasteiger partial charge in [0.05, 0.1) is 23.0 Å². The Balaban J connectivity index is 0.767. The van der Waals surface area contributed by atoms with Gasteiger partial charge in [0.15, 0.2) is 5.71 Å². The maximum Gasteiger partial charge on any atom is 0.264 e. The molecule has 14 heteroatoms. The molecule has 3 fully saturated rings. The normalized spacial score (nSPS) is 26.4. The third-order valence-corrected chi connectivity index (χ3v) is 26.0. The second-order valence-corrected chi connectivity index (χ2v) is 34.7. The molecule has 3 aromatic rings. The number of carbonyl (C=O) groups excluding carboxylic acids is 1. The van der Waals surface area contributed by atoms with Crippen molar-refractivity contribution in [3.05, 3.63) is 154 Å². The van der Waals surface area contributed by atoms with E-state index < -0.39 is 20.2 Å². The van der Waals surface area contributed by atoms with Gasteiger partial charge in [-0.3, -0.25) is 13.9 Å². The van der Waals surface area contributed by atoms with Crippen LogP contribution in [0.4, 0.5) is 11.4 Å². The molecule has 5 aliphatic carbocycles. The second kappa shape index (κ2) is 32.5. The number of allylic oxidation sites excluding steroid dienone is 8. The van der Waals surface area contributed by atoms with Crippen LogP contribution in [-0.2, 0) is 58.4 Å². The van der Waals surface area contributed by atoms with Gasteiger partial charge in [-0.1, -0.05) is 178 Å². The van der Waals surface area contributed by atoms with E-state index in [0.717, 1.165) is 107 Å². The van der Waals surface area contributed by atoms with E-state index in [4.69, 9.17) is 9.47 Å². The van der Waals surface area contributed by atoms with Crippen LogP contribution in [0.2, 0.25) is 0 Å². The van der Waals surface area contributed by atoms with Crippen LogP contribution in [0.15, 0.2) is 131 Å². The van der Waals surface area contributed by atoms with Crippen molar-refractivity contribution in [3.8, 4) is 0 Å². The highest BCUT2D eigenvalue weighted by molar-refractivity contribution is 7.86. The topological polar surface area (TPSA) is 163 Å². The Morgan fingerprint density at radius 2 is 1.40 bits per heavy atom. The number of nitrogens with one attached hydrogen (secondary N) is 1. The van der Waals surface area contributed by atoms with Crippen molar-refractivity contribution in [1.82, 2.24) is 5.32 Å². The molecule has 0 bridgehead atoms. The summed E-state index contributed by atoms with van der Waals surface area (Å²) in [5, 5.41) is 3.41. The lowest BCUT2D eigenvalue weighted by Gasteiger charge is -2.58. The number of carbonyl (C=O) groups is 1. The van der Waals surface area contributed by atoms with E-state index in [1.165, 1.54) is 120 Å². The zero-order chi connectivity index (χ0) is 68.3. The first-order chi connectivity index (χ1) is 45.9. The smallest absolute Gasteiger partial charge is 0.264 e. The molecule has 2 heterocycles. The number of fused-ring (bicyclic) bond motifs is 7. The molecule has 526 valence electrons. The van der Waals surface area contributed by atoms with Gasteiger partial charge in [0, 0.05) is 67.0 Å². The number of ether oxygens (including phenoxy) is 2. The molecule has 8 atom stereocenters.